The number of anilines is 1. The molecule has 0 atom stereocenters. The van der Waals surface area contributed by atoms with E-state index in [4.69, 9.17) is 0 Å². The van der Waals surface area contributed by atoms with Gasteiger partial charge in [0.05, 0.1) is 12.7 Å². The summed E-state index contributed by atoms with van der Waals surface area (Å²) in [6, 6.07) is 14.4. The fraction of sp³-hybridized carbons (Fsp3) is 0.188. The number of halogens is 1. The van der Waals surface area contributed by atoms with Gasteiger partial charge in [-0.15, -0.1) is 0 Å². The molecule has 2 aromatic carbocycles. The fourth-order valence-corrected chi connectivity index (χ4v) is 1.98. The maximum Gasteiger partial charge on any atom is 0.340 e. The van der Waals surface area contributed by atoms with Crippen LogP contribution < -0.4 is 4.90 Å². The molecule has 20 heavy (non-hydrogen) atoms. The molecule has 2 aromatic rings. The number of carbonyl (C=O) groups excluding carboxylic acids is 1. The van der Waals surface area contributed by atoms with Gasteiger partial charge in [-0.2, -0.15) is 0 Å². The summed E-state index contributed by atoms with van der Waals surface area (Å²) in [5.41, 5.74) is 1.80. The van der Waals surface area contributed by atoms with E-state index in [9.17, 15) is 9.18 Å². The summed E-state index contributed by atoms with van der Waals surface area (Å²) in [6.45, 7) is 0.558. The van der Waals surface area contributed by atoms with E-state index in [0.29, 0.717) is 6.54 Å². The molecule has 104 valence electrons. The van der Waals surface area contributed by atoms with Crippen molar-refractivity contribution in [1.29, 1.82) is 0 Å². The first kappa shape index (κ1) is 14.1. The van der Waals surface area contributed by atoms with Crippen LogP contribution in [0.1, 0.15) is 15.9 Å². The van der Waals surface area contributed by atoms with E-state index in [1.165, 1.54) is 19.2 Å². The molecule has 0 unspecified atom stereocenters. The Morgan fingerprint density at radius 1 is 1.20 bits per heavy atom. The Morgan fingerprint density at radius 3 is 2.50 bits per heavy atom. The van der Waals surface area contributed by atoms with Crippen LogP contribution >= 0.6 is 0 Å². The third-order valence-electron chi connectivity index (χ3n) is 3.06. The number of para-hydroxylation sites is 1. The second-order valence-corrected chi connectivity index (χ2v) is 4.50. The molecule has 0 saturated heterocycles. The summed E-state index contributed by atoms with van der Waals surface area (Å²) in [6.07, 6.45) is 0. The van der Waals surface area contributed by atoms with Crippen LogP contribution in [0.2, 0.25) is 0 Å². The number of benzene rings is 2. The SMILES string of the molecule is COC(=O)c1ccc(CN(C)c2ccccc2)cc1F. The molecule has 0 aliphatic carbocycles. The van der Waals surface area contributed by atoms with Crippen molar-refractivity contribution in [2.75, 3.05) is 19.1 Å². The van der Waals surface area contributed by atoms with Gasteiger partial charge in [0.25, 0.3) is 0 Å². The second kappa shape index (κ2) is 6.19. The fourth-order valence-electron chi connectivity index (χ4n) is 1.98. The molecule has 0 spiro atoms. The van der Waals surface area contributed by atoms with Crippen LogP contribution in [-0.4, -0.2) is 20.1 Å². The number of methoxy groups -OCH3 is 1. The molecule has 0 heterocycles. The van der Waals surface area contributed by atoms with Crippen LogP contribution in [0, 0.1) is 5.82 Å². The Morgan fingerprint density at radius 2 is 1.90 bits per heavy atom. The standard InChI is InChI=1S/C16H16FNO2/c1-18(13-6-4-3-5-7-13)11-12-8-9-14(15(17)10-12)16(19)20-2/h3-10H,11H2,1-2H3. The Hall–Kier alpha value is -2.36. The minimum atomic E-state index is -0.662. The van der Waals surface area contributed by atoms with E-state index in [0.717, 1.165) is 11.3 Å². The third-order valence-corrected chi connectivity index (χ3v) is 3.06. The van der Waals surface area contributed by atoms with Gasteiger partial charge in [0.2, 0.25) is 0 Å². The first-order valence-corrected chi connectivity index (χ1v) is 6.24. The maximum absolute atomic E-state index is 13.8. The molecular formula is C16H16FNO2. The minimum Gasteiger partial charge on any atom is -0.465 e. The van der Waals surface area contributed by atoms with Crippen molar-refractivity contribution in [3.63, 3.8) is 0 Å². The number of carbonyl (C=O) groups is 1. The first-order chi connectivity index (χ1) is 9.61. The summed E-state index contributed by atoms with van der Waals surface area (Å²) in [5, 5.41) is 0. The van der Waals surface area contributed by atoms with Crippen LogP contribution in [0.5, 0.6) is 0 Å². The van der Waals surface area contributed by atoms with Crippen molar-refractivity contribution in [1.82, 2.24) is 0 Å². The third kappa shape index (κ3) is 3.15. The zero-order valence-electron chi connectivity index (χ0n) is 11.5. The monoisotopic (exact) mass is 273 g/mol. The average molecular weight is 273 g/mol. The van der Waals surface area contributed by atoms with E-state index >= 15 is 0 Å². The number of rotatable bonds is 4. The zero-order valence-corrected chi connectivity index (χ0v) is 11.5. The Balaban J connectivity index is 2.15. The second-order valence-electron chi connectivity index (χ2n) is 4.50. The van der Waals surface area contributed by atoms with E-state index in [1.807, 2.05) is 42.3 Å². The van der Waals surface area contributed by atoms with Crippen molar-refractivity contribution in [2.45, 2.75) is 6.54 Å². The van der Waals surface area contributed by atoms with Gasteiger partial charge in [-0.25, -0.2) is 9.18 Å². The number of nitrogens with zero attached hydrogens (tertiary/aromatic N) is 1. The molecule has 4 heteroatoms. The average Bonchev–Trinajstić information content (AvgIpc) is 2.47. The quantitative estimate of drug-likeness (QED) is 0.801. The number of esters is 1. The normalized spacial score (nSPS) is 10.2. The van der Waals surface area contributed by atoms with Gasteiger partial charge in [0, 0.05) is 19.3 Å². The van der Waals surface area contributed by atoms with Crippen LogP contribution in [0.4, 0.5) is 10.1 Å². The minimum absolute atomic E-state index is 0.0429. The number of ether oxygens (including phenoxy) is 1. The molecule has 3 nitrogen and oxygen atoms in total. The number of hydrogen-bond donors (Lipinski definition) is 0. The van der Waals surface area contributed by atoms with E-state index in [2.05, 4.69) is 4.74 Å². The van der Waals surface area contributed by atoms with Crippen molar-refractivity contribution in [3.05, 3.63) is 65.5 Å². The molecule has 2 rings (SSSR count). The van der Waals surface area contributed by atoms with Gasteiger partial charge in [-0.1, -0.05) is 24.3 Å². The van der Waals surface area contributed by atoms with Crippen LogP contribution in [0.3, 0.4) is 0 Å². The van der Waals surface area contributed by atoms with Gasteiger partial charge < -0.3 is 9.64 Å². The summed E-state index contributed by atoms with van der Waals surface area (Å²) >= 11 is 0. The smallest absolute Gasteiger partial charge is 0.340 e. The Kier molecular flexibility index (Phi) is 4.35. The lowest BCUT2D eigenvalue weighted by Gasteiger charge is -2.19. The molecule has 0 radical (unpaired) electrons. The van der Waals surface area contributed by atoms with Gasteiger partial charge in [-0.05, 0) is 29.8 Å². The first-order valence-electron chi connectivity index (χ1n) is 6.24. The van der Waals surface area contributed by atoms with Crippen molar-refractivity contribution in [2.24, 2.45) is 0 Å². The Bertz CT molecular complexity index is 599. The molecule has 0 saturated carbocycles. The van der Waals surface area contributed by atoms with Crippen molar-refractivity contribution in [3.8, 4) is 0 Å². The molecular weight excluding hydrogens is 257 g/mol. The summed E-state index contributed by atoms with van der Waals surface area (Å²) in [5.74, 6) is -1.22. The molecule has 0 fully saturated rings. The lowest BCUT2D eigenvalue weighted by Crippen LogP contribution is -2.16. The topological polar surface area (TPSA) is 29.5 Å². The Labute approximate surface area is 117 Å². The molecule has 0 aromatic heterocycles. The van der Waals surface area contributed by atoms with Crippen LogP contribution in [0.15, 0.2) is 48.5 Å². The highest BCUT2D eigenvalue weighted by Crippen LogP contribution is 2.17. The predicted octanol–water partition coefficient (Wildman–Crippen LogP) is 3.25. The summed E-state index contributed by atoms with van der Waals surface area (Å²) in [4.78, 5) is 13.3. The zero-order chi connectivity index (χ0) is 14.5. The summed E-state index contributed by atoms with van der Waals surface area (Å²) < 4.78 is 18.3. The maximum atomic E-state index is 13.8. The van der Waals surface area contributed by atoms with Crippen molar-refractivity contribution >= 4 is 11.7 Å². The highest BCUT2D eigenvalue weighted by molar-refractivity contribution is 5.89. The van der Waals surface area contributed by atoms with Crippen molar-refractivity contribution < 1.29 is 13.9 Å². The van der Waals surface area contributed by atoms with Gasteiger partial charge in [-0.3, -0.25) is 0 Å². The van der Waals surface area contributed by atoms with E-state index in [-0.39, 0.29) is 5.56 Å². The van der Waals surface area contributed by atoms with Crippen LogP contribution in [0.25, 0.3) is 0 Å². The largest absolute Gasteiger partial charge is 0.465 e. The highest BCUT2D eigenvalue weighted by Gasteiger charge is 2.12. The van der Waals surface area contributed by atoms with E-state index in [1.54, 1.807) is 6.07 Å². The lowest BCUT2D eigenvalue weighted by atomic mass is 10.1. The lowest BCUT2D eigenvalue weighted by molar-refractivity contribution is 0.0595. The molecule has 0 aliphatic rings. The van der Waals surface area contributed by atoms with E-state index < -0.39 is 11.8 Å². The molecule has 0 bridgehead atoms. The summed E-state index contributed by atoms with van der Waals surface area (Å²) in [7, 11) is 3.17. The molecule has 0 N–H and O–H groups in total. The van der Waals surface area contributed by atoms with Gasteiger partial charge >= 0.3 is 5.97 Å². The van der Waals surface area contributed by atoms with Gasteiger partial charge in [0.15, 0.2) is 0 Å². The van der Waals surface area contributed by atoms with Gasteiger partial charge in [0.1, 0.15) is 5.82 Å². The highest BCUT2D eigenvalue weighted by atomic mass is 19.1. The molecule has 0 amide bonds. The predicted molar refractivity (Wildman–Crippen MR) is 76.3 cm³/mol. The van der Waals surface area contributed by atoms with Crippen LogP contribution in [-0.2, 0) is 11.3 Å². The molecule has 0 aliphatic heterocycles. The number of hydrogen-bond acceptors (Lipinski definition) is 3.